The predicted octanol–water partition coefficient (Wildman–Crippen LogP) is 4.89. The van der Waals surface area contributed by atoms with E-state index < -0.39 is 0 Å². The minimum atomic E-state index is -0.0902. The molecule has 0 aliphatic rings. The fourth-order valence-electron chi connectivity index (χ4n) is 2.73. The number of aryl methyl sites for hydroxylation is 3. The van der Waals surface area contributed by atoms with Crippen LogP contribution in [-0.2, 0) is 13.0 Å². The van der Waals surface area contributed by atoms with E-state index in [0.29, 0.717) is 0 Å². The molecule has 0 aliphatic heterocycles. The van der Waals surface area contributed by atoms with Crippen molar-refractivity contribution in [3.63, 3.8) is 0 Å². The number of nitrogens with zero attached hydrogens (tertiary/aromatic N) is 2. The van der Waals surface area contributed by atoms with Gasteiger partial charge in [0.25, 0.3) is 0 Å². The van der Waals surface area contributed by atoms with Gasteiger partial charge in [-0.1, -0.05) is 42.5 Å². The molecule has 0 N–H and O–H groups in total. The summed E-state index contributed by atoms with van der Waals surface area (Å²) < 4.78 is 2.26. The van der Waals surface area contributed by atoms with Crippen molar-refractivity contribution in [3.05, 3.63) is 65.5 Å². The average Bonchev–Trinajstić information content (AvgIpc) is 2.87. The number of imidazole rings is 1. The van der Waals surface area contributed by atoms with E-state index in [4.69, 9.17) is 16.6 Å². The Morgan fingerprint density at radius 1 is 1.10 bits per heavy atom. The number of alkyl halides is 1. The molecule has 0 fully saturated rings. The van der Waals surface area contributed by atoms with Gasteiger partial charge in [0.15, 0.2) is 0 Å². The van der Waals surface area contributed by atoms with E-state index in [-0.39, 0.29) is 5.38 Å². The molecule has 3 heteroatoms. The molecule has 3 rings (SSSR count). The van der Waals surface area contributed by atoms with Crippen LogP contribution in [0.4, 0.5) is 0 Å². The zero-order chi connectivity index (χ0) is 14.8. The molecule has 21 heavy (non-hydrogen) atoms. The van der Waals surface area contributed by atoms with Gasteiger partial charge in [-0.2, -0.15) is 0 Å². The van der Waals surface area contributed by atoms with Crippen molar-refractivity contribution < 1.29 is 0 Å². The zero-order valence-corrected chi connectivity index (χ0v) is 13.1. The standard InChI is InChI=1S/C18H19ClN2/c1-13-7-6-10-16-17(13)20-18(14(2)19)21(16)12-11-15-8-4-3-5-9-15/h3-10,14H,11-12H2,1-2H3. The van der Waals surface area contributed by atoms with Gasteiger partial charge in [-0.25, -0.2) is 4.98 Å². The maximum absolute atomic E-state index is 6.33. The van der Waals surface area contributed by atoms with Crippen LogP contribution in [0, 0.1) is 6.92 Å². The molecule has 0 amide bonds. The third kappa shape index (κ3) is 2.81. The highest BCUT2D eigenvalue weighted by molar-refractivity contribution is 6.20. The molecule has 0 aliphatic carbocycles. The predicted molar refractivity (Wildman–Crippen MR) is 88.9 cm³/mol. The number of hydrogen-bond acceptors (Lipinski definition) is 1. The molecule has 1 heterocycles. The van der Waals surface area contributed by atoms with Gasteiger partial charge in [-0.3, -0.25) is 0 Å². The first kappa shape index (κ1) is 14.2. The lowest BCUT2D eigenvalue weighted by Gasteiger charge is -2.10. The summed E-state index contributed by atoms with van der Waals surface area (Å²) in [6, 6.07) is 16.8. The van der Waals surface area contributed by atoms with E-state index in [1.54, 1.807) is 0 Å². The summed E-state index contributed by atoms with van der Waals surface area (Å²) in [6.45, 7) is 4.98. The Morgan fingerprint density at radius 3 is 2.57 bits per heavy atom. The Bertz CT molecular complexity index is 745. The number of rotatable bonds is 4. The molecule has 1 unspecified atom stereocenters. The van der Waals surface area contributed by atoms with Crippen LogP contribution >= 0.6 is 11.6 Å². The van der Waals surface area contributed by atoms with Gasteiger partial charge in [-0.05, 0) is 37.5 Å². The smallest absolute Gasteiger partial charge is 0.127 e. The normalized spacial score (nSPS) is 12.7. The molecule has 1 aromatic heterocycles. The maximum atomic E-state index is 6.33. The Labute approximate surface area is 130 Å². The maximum Gasteiger partial charge on any atom is 0.127 e. The molecular weight excluding hydrogens is 280 g/mol. The van der Waals surface area contributed by atoms with Crippen LogP contribution in [0.25, 0.3) is 11.0 Å². The largest absolute Gasteiger partial charge is 0.326 e. The Hall–Kier alpha value is -1.80. The molecule has 0 saturated carbocycles. The van der Waals surface area contributed by atoms with E-state index in [9.17, 15) is 0 Å². The van der Waals surface area contributed by atoms with Gasteiger partial charge in [0.1, 0.15) is 5.82 Å². The third-order valence-electron chi connectivity index (χ3n) is 3.83. The van der Waals surface area contributed by atoms with E-state index in [0.717, 1.165) is 24.3 Å². The van der Waals surface area contributed by atoms with Crippen LogP contribution in [0.1, 0.15) is 29.3 Å². The molecule has 0 bridgehead atoms. The van der Waals surface area contributed by atoms with Gasteiger partial charge >= 0.3 is 0 Å². The second-order valence-electron chi connectivity index (χ2n) is 5.42. The summed E-state index contributed by atoms with van der Waals surface area (Å²) in [4.78, 5) is 4.76. The van der Waals surface area contributed by atoms with Crippen molar-refractivity contribution in [3.8, 4) is 0 Å². The SMILES string of the molecule is Cc1cccc2c1nc(C(C)Cl)n2CCc1ccccc1. The second kappa shape index (κ2) is 5.90. The molecule has 1 atom stereocenters. The minimum Gasteiger partial charge on any atom is -0.326 e. The van der Waals surface area contributed by atoms with Crippen LogP contribution in [0.5, 0.6) is 0 Å². The zero-order valence-electron chi connectivity index (χ0n) is 12.4. The Morgan fingerprint density at radius 2 is 1.86 bits per heavy atom. The van der Waals surface area contributed by atoms with Crippen molar-refractivity contribution in [2.75, 3.05) is 0 Å². The summed E-state index contributed by atoms with van der Waals surface area (Å²) in [5, 5.41) is -0.0902. The summed E-state index contributed by atoms with van der Waals surface area (Å²) in [5.74, 6) is 0.955. The van der Waals surface area contributed by atoms with E-state index in [1.165, 1.54) is 16.6 Å². The quantitative estimate of drug-likeness (QED) is 0.627. The third-order valence-corrected chi connectivity index (χ3v) is 4.03. The highest BCUT2D eigenvalue weighted by Gasteiger charge is 2.15. The lowest BCUT2D eigenvalue weighted by Crippen LogP contribution is -2.06. The molecule has 0 radical (unpaired) electrons. The van der Waals surface area contributed by atoms with Gasteiger partial charge in [0, 0.05) is 6.54 Å². The average molecular weight is 299 g/mol. The van der Waals surface area contributed by atoms with Crippen molar-refractivity contribution >= 4 is 22.6 Å². The number of halogens is 1. The number of fused-ring (bicyclic) bond motifs is 1. The Kier molecular flexibility index (Phi) is 3.98. The van der Waals surface area contributed by atoms with Crippen LogP contribution < -0.4 is 0 Å². The lowest BCUT2D eigenvalue weighted by atomic mass is 10.1. The minimum absolute atomic E-state index is 0.0902. The Balaban J connectivity index is 2.00. The first-order valence-corrected chi connectivity index (χ1v) is 7.74. The molecular formula is C18H19ClN2. The van der Waals surface area contributed by atoms with Gasteiger partial charge < -0.3 is 4.57 Å². The lowest BCUT2D eigenvalue weighted by molar-refractivity contribution is 0.668. The fraction of sp³-hybridized carbons (Fsp3) is 0.278. The first-order valence-electron chi connectivity index (χ1n) is 7.30. The van der Waals surface area contributed by atoms with Crippen LogP contribution in [0.15, 0.2) is 48.5 Å². The molecule has 0 spiro atoms. The van der Waals surface area contributed by atoms with Gasteiger partial charge in [0.2, 0.25) is 0 Å². The summed E-state index contributed by atoms with van der Waals surface area (Å²) in [6.07, 6.45) is 0.983. The molecule has 0 saturated heterocycles. The molecule has 2 aromatic carbocycles. The number of aromatic nitrogens is 2. The van der Waals surface area contributed by atoms with Crippen molar-refractivity contribution in [1.82, 2.24) is 9.55 Å². The van der Waals surface area contributed by atoms with Crippen molar-refractivity contribution in [1.29, 1.82) is 0 Å². The first-order chi connectivity index (χ1) is 10.2. The summed E-state index contributed by atoms with van der Waals surface area (Å²) >= 11 is 6.33. The van der Waals surface area contributed by atoms with Gasteiger partial charge in [-0.15, -0.1) is 11.6 Å². The fourth-order valence-corrected chi connectivity index (χ4v) is 2.90. The van der Waals surface area contributed by atoms with Crippen LogP contribution in [0.3, 0.4) is 0 Å². The van der Waals surface area contributed by atoms with Gasteiger partial charge in [0.05, 0.1) is 16.4 Å². The topological polar surface area (TPSA) is 17.8 Å². The van der Waals surface area contributed by atoms with Crippen LogP contribution in [-0.4, -0.2) is 9.55 Å². The highest BCUT2D eigenvalue weighted by Crippen LogP contribution is 2.26. The molecule has 3 aromatic rings. The van der Waals surface area contributed by atoms with Crippen molar-refractivity contribution in [2.24, 2.45) is 0 Å². The summed E-state index contributed by atoms with van der Waals surface area (Å²) in [5.41, 5.74) is 4.77. The second-order valence-corrected chi connectivity index (χ2v) is 6.07. The molecule has 2 nitrogen and oxygen atoms in total. The number of hydrogen-bond donors (Lipinski definition) is 0. The van der Waals surface area contributed by atoms with Crippen molar-refractivity contribution in [2.45, 2.75) is 32.2 Å². The number of benzene rings is 2. The van der Waals surface area contributed by atoms with E-state index in [2.05, 4.69) is 54.0 Å². The number of para-hydroxylation sites is 1. The molecule has 108 valence electrons. The van der Waals surface area contributed by atoms with Crippen LogP contribution in [0.2, 0.25) is 0 Å². The van der Waals surface area contributed by atoms with E-state index >= 15 is 0 Å². The monoisotopic (exact) mass is 298 g/mol. The highest BCUT2D eigenvalue weighted by atomic mass is 35.5. The van der Waals surface area contributed by atoms with E-state index in [1.807, 2.05) is 13.0 Å². The summed E-state index contributed by atoms with van der Waals surface area (Å²) in [7, 11) is 0.